The van der Waals surface area contributed by atoms with Crippen LogP contribution in [0, 0.1) is 0 Å². The van der Waals surface area contributed by atoms with Gasteiger partial charge in [-0.2, -0.15) is 0 Å². The Morgan fingerprint density at radius 1 is 0.508 bits per heavy atom. The van der Waals surface area contributed by atoms with Crippen molar-refractivity contribution in [2.75, 3.05) is 91.6 Å². The molecule has 4 saturated heterocycles. The third-order valence-electron chi connectivity index (χ3n) is 12.8. The van der Waals surface area contributed by atoms with Gasteiger partial charge < -0.3 is 57.6 Å². The van der Waals surface area contributed by atoms with Gasteiger partial charge in [-0.05, 0) is 44.9 Å². The number of nitrogens with two attached hydrogens (primary N) is 1. The van der Waals surface area contributed by atoms with Crippen molar-refractivity contribution in [2.24, 2.45) is 5.73 Å². The number of carboxylic acids is 6. The smallest absolute Gasteiger partial charge is 0.481 e. The third-order valence-corrected chi connectivity index (χ3v) is 12.8. The molecule has 1 spiro atoms. The van der Waals surface area contributed by atoms with Gasteiger partial charge in [0, 0.05) is 19.5 Å². The van der Waals surface area contributed by atoms with Gasteiger partial charge in [0.1, 0.15) is 64.4 Å². The first-order chi connectivity index (χ1) is 27.7. The van der Waals surface area contributed by atoms with Gasteiger partial charge in [-0.25, -0.2) is 28.8 Å². The first-order valence-corrected chi connectivity index (χ1v) is 19.8. The van der Waals surface area contributed by atoms with Gasteiger partial charge >= 0.3 is 47.8 Å². The zero-order chi connectivity index (χ0) is 43.8. The number of nitrogens with zero attached hydrogens (tertiary/aromatic N) is 4. The Bertz CT molecular complexity index is 1600. The Morgan fingerprint density at radius 2 is 0.898 bits per heavy atom. The van der Waals surface area contributed by atoms with Crippen molar-refractivity contribution in [2.45, 2.75) is 75.4 Å². The summed E-state index contributed by atoms with van der Waals surface area (Å²) >= 11 is 0. The van der Waals surface area contributed by atoms with E-state index in [1.165, 1.54) is 0 Å². The molecule has 0 aromatic carbocycles. The van der Waals surface area contributed by atoms with Gasteiger partial charge in [0.15, 0.2) is 26.2 Å². The summed E-state index contributed by atoms with van der Waals surface area (Å²) in [7, 11) is 0. The molecule has 4 heterocycles. The van der Waals surface area contributed by atoms with Crippen molar-refractivity contribution in [1.29, 1.82) is 0 Å². The van der Waals surface area contributed by atoms with Crippen molar-refractivity contribution in [3.05, 3.63) is 0 Å². The second kappa shape index (κ2) is 18.8. The second-order valence-corrected chi connectivity index (χ2v) is 16.4. The molecule has 0 bridgehead atoms. The highest BCUT2D eigenvalue weighted by molar-refractivity contribution is 5.86. The zero-order valence-corrected chi connectivity index (χ0v) is 33.0. The van der Waals surface area contributed by atoms with Crippen LogP contribution in [-0.2, 0) is 38.4 Å². The number of rotatable bonds is 26. The molecule has 8 atom stereocenters. The Morgan fingerprint density at radius 3 is 1.31 bits per heavy atom. The number of quaternary nitrogens is 4. The van der Waals surface area contributed by atoms with Gasteiger partial charge in [0.25, 0.3) is 5.91 Å². The Kier molecular flexibility index (Phi) is 14.8. The number of nitrogens with one attached hydrogen (secondary N) is 4. The molecule has 12 N–H and O–H groups in total. The highest BCUT2D eigenvalue weighted by atomic mass is 16.4. The van der Waals surface area contributed by atoms with Crippen LogP contribution >= 0.6 is 0 Å². The molecule has 4 fully saturated rings. The van der Waals surface area contributed by atoms with E-state index in [1.54, 1.807) is 0 Å². The number of carbonyl (C=O) groups excluding carboxylic acids is 3. The fourth-order valence-corrected chi connectivity index (χ4v) is 10.8. The van der Waals surface area contributed by atoms with Crippen LogP contribution in [0.2, 0.25) is 0 Å². The summed E-state index contributed by atoms with van der Waals surface area (Å²) in [6, 6.07) is -4.86. The van der Waals surface area contributed by atoms with Crippen LogP contribution < -0.4 is 27.0 Å². The average Bonchev–Trinajstić information content (AvgIpc) is 3.76. The molecule has 3 unspecified atom stereocenters. The number of urea groups is 1. The summed E-state index contributed by atoms with van der Waals surface area (Å²) in [5.41, 5.74) is 6.06. The molecule has 0 aromatic rings. The van der Waals surface area contributed by atoms with Crippen molar-refractivity contribution < 1.29 is 91.7 Å². The molecule has 4 aliphatic heterocycles. The maximum atomic E-state index is 13.7. The monoisotopic (exact) mass is 845 g/mol. The average molecular weight is 846 g/mol. The van der Waals surface area contributed by atoms with E-state index in [4.69, 9.17) is 10.8 Å². The molecule has 24 heteroatoms. The van der Waals surface area contributed by atoms with E-state index in [0.717, 1.165) is 0 Å². The minimum Gasteiger partial charge on any atom is -0.481 e. The van der Waals surface area contributed by atoms with E-state index in [-0.39, 0.29) is 82.4 Å². The fourth-order valence-electron chi connectivity index (χ4n) is 10.8. The van der Waals surface area contributed by atoms with Crippen LogP contribution in [0.15, 0.2) is 0 Å². The van der Waals surface area contributed by atoms with E-state index in [0.29, 0.717) is 71.6 Å². The number of hydrogen-bond acceptors (Lipinski definition) is 10. The lowest BCUT2D eigenvalue weighted by molar-refractivity contribution is -1.36. The summed E-state index contributed by atoms with van der Waals surface area (Å²) in [5, 5.41) is 67.5. The fraction of sp³-hybridized carbons (Fsp3) is 0.743. The maximum absolute atomic E-state index is 13.7. The number of carbonyl (C=O) groups is 9. The van der Waals surface area contributed by atoms with Crippen LogP contribution in [0.1, 0.15) is 51.4 Å². The Balaban J connectivity index is 1.23. The quantitative estimate of drug-likeness (QED) is 0.0293. The minimum atomic E-state index is -1.53. The number of hydrogen-bond donors (Lipinski definition) is 11. The number of aliphatic carboxylic acids is 6. The lowest BCUT2D eigenvalue weighted by Gasteiger charge is -2.49. The van der Waals surface area contributed by atoms with E-state index < -0.39 is 84.6 Å². The summed E-state index contributed by atoms with van der Waals surface area (Å²) < 4.78 is 0.211. The standard InChI is InChI=1S/C35H55N9O15/c36-23(31(54)38-10-4-2-6-24(32(55)56)39-34(59)40-25(33(57)58)7-8-27(46)47)5-1-3-9-37-26(45)19-41-11-13-42(20-28(48)49)15-17-44(22-30(52)53)18-16-43(14-12-41,21-29(50)51)35(41,42)44/h23-25H,1-22,36H2,(H6-4,37,38,39,40,45,46,47,48,49,50,51,52,53,54,55,56,57,58,59)/p+4/t23-,24+,25+,35?,41?,42-,43+,44?/m1/s1. The number of carboxylic acid groups (broad SMARTS) is 6. The normalized spacial score (nSPS) is 29.0. The molecule has 4 aliphatic rings. The Hall–Kier alpha value is -5.17. The zero-order valence-electron chi connectivity index (χ0n) is 33.0. The first kappa shape index (κ1) is 46.5. The van der Waals surface area contributed by atoms with E-state index in [9.17, 15) is 68.7 Å². The second-order valence-electron chi connectivity index (χ2n) is 16.4. The summed E-state index contributed by atoms with van der Waals surface area (Å²) in [6.07, 6.45) is 0.858. The van der Waals surface area contributed by atoms with Crippen LogP contribution in [0.4, 0.5) is 4.79 Å². The number of amides is 4. The summed E-state index contributed by atoms with van der Waals surface area (Å²) in [4.78, 5) is 109. The predicted molar refractivity (Wildman–Crippen MR) is 198 cm³/mol. The van der Waals surface area contributed by atoms with Gasteiger partial charge in [0.05, 0.1) is 6.04 Å². The van der Waals surface area contributed by atoms with E-state index in [1.807, 2.05) is 5.32 Å². The molecule has 24 nitrogen and oxygen atoms in total. The lowest BCUT2D eigenvalue weighted by Crippen LogP contribution is -2.86. The van der Waals surface area contributed by atoms with Gasteiger partial charge in [-0.3, -0.25) is 14.4 Å². The highest BCUT2D eigenvalue weighted by Crippen LogP contribution is 2.62. The molecule has 0 aliphatic carbocycles. The largest absolute Gasteiger partial charge is 0.483 e. The Labute approximate surface area is 339 Å². The van der Waals surface area contributed by atoms with Gasteiger partial charge in [0.2, 0.25) is 5.91 Å². The van der Waals surface area contributed by atoms with Crippen molar-refractivity contribution in [3.63, 3.8) is 0 Å². The summed E-state index contributed by atoms with van der Waals surface area (Å²) in [5.74, 6) is -9.23. The molecule has 0 saturated carbocycles. The van der Waals surface area contributed by atoms with Crippen molar-refractivity contribution in [1.82, 2.24) is 21.3 Å². The highest BCUT2D eigenvalue weighted by Gasteiger charge is 2.99. The lowest BCUT2D eigenvalue weighted by atomic mass is 10.1. The van der Waals surface area contributed by atoms with E-state index >= 15 is 0 Å². The molecule has 330 valence electrons. The molecule has 4 amide bonds. The van der Waals surface area contributed by atoms with Crippen LogP contribution in [0.25, 0.3) is 0 Å². The molecule has 0 aromatic heterocycles. The molecular weight excluding hydrogens is 786 g/mol. The van der Waals surface area contributed by atoms with Crippen molar-refractivity contribution >= 4 is 53.7 Å². The first-order valence-electron chi connectivity index (χ1n) is 19.8. The van der Waals surface area contributed by atoms with Crippen LogP contribution in [0.3, 0.4) is 0 Å². The third kappa shape index (κ3) is 9.51. The molecule has 59 heavy (non-hydrogen) atoms. The molecular formula is C35H59N9O15+4. The summed E-state index contributed by atoms with van der Waals surface area (Å²) in [6.45, 7) is 2.51. The number of unbranched alkanes of at least 4 members (excludes halogenated alkanes) is 2. The van der Waals surface area contributed by atoms with Crippen LogP contribution in [-0.4, -0.2) is 218 Å². The van der Waals surface area contributed by atoms with Gasteiger partial charge in [-0.1, -0.05) is 0 Å². The SMILES string of the molecule is N[C@H](CCCCNC(=O)C[N+]12CC[N@+]3(CC(=O)O)CC[N+]4(CC(=O)O)CC[N@+](CC(=O)O)(CC1)C423)C(=O)NCCCC[C@H](NC(=O)N[C@@H](CCC(=O)O)C(=O)O)C(=O)O. The van der Waals surface area contributed by atoms with Crippen LogP contribution in [0.5, 0.6) is 0 Å². The van der Waals surface area contributed by atoms with E-state index in [2.05, 4.69) is 16.0 Å². The maximum Gasteiger partial charge on any atom is 0.483 e. The minimum absolute atomic E-state index is 0.0320. The van der Waals surface area contributed by atoms with Crippen molar-refractivity contribution in [3.8, 4) is 0 Å². The predicted octanol–water partition coefficient (Wildman–Crippen LogP) is -3.86. The van der Waals surface area contributed by atoms with Gasteiger partial charge in [-0.15, -0.1) is 17.9 Å². The topological polar surface area (TPSA) is 349 Å². The molecule has 0 radical (unpaired) electrons. The molecule has 4 rings (SSSR count).